The summed E-state index contributed by atoms with van der Waals surface area (Å²) in [5.41, 5.74) is 2.38. The number of hydrogen-bond acceptors (Lipinski definition) is 4. The van der Waals surface area contributed by atoms with Crippen LogP contribution in [-0.4, -0.2) is 52.0 Å². The molecule has 2 aromatic rings. The van der Waals surface area contributed by atoms with Crippen LogP contribution in [-0.2, 0) is 23.0 Å². The molecule has 0 bridgehead atoms. The van der Waals surface area contributed by atoms with E-state index in [4.69, 9.17) is 5.14 Å². The molecule has 1 saturated heterocycles. The first-order chi connectivity index (χ1) is 14.5. The van der Waals surface area contributed by atoms with E-state index >= 15 is 0 Å². The topological polar surface area (TPSA) is 99.8 Å². The average Bonchev–Trinajstić information content (AvgIpc) is 3.18. The summed E-state index contributed by atoms with van der Waals surface area (Å²) in [6.45, 7) is 3.66. The molecule has 0 spiro atoms. The van der Waals surface area contributed by atoms with Crippen molar-refractivity contribution in [3.8, 4) is 0 Å². The van der Waals surface area contributed by atoms with Crippen LogP contribution in [0.4, 0.5) is 0 Å². The smallest absolute Gasteiger partial charge is 0.238 e. The van der Waals surface area contributed by atoms with Crippen LogP contribution < -0.4 is 15.8 Å². The SMILES string of the molecule is CN=C(NCCc1ccc(S(N)(=O)=O)cc1)NCC1CCCN1Cc1ccccc1.I. The zero-order valence-electron chi connectivity index (χ0n) is 17.8. The van der Waals surface area contributed by atoms with Gasteiger partial charge in [-0.15, -0.1) is 24.0 Å². The second kappa shape index (κ2) is 12.4. The Labute approximate surface area is 202 Å². The van der Waals surface area contributed by atoms with Crippen molar-refractivity contribution in [2.24, 2.45) is 10.1 Å². The predicted octanol–water partition coefficient (Wildman–Crippen LogP) is 2.32. The minimum Gasteiger partial charge on any atom is -0.356 e. The Morgan fingerprint density at radius 1 is 1.10 bits per heavy atom. The molecular formula is C22H32IN5O2S. The lowest BCUT2D eigenvalue weighted by atomic mass is 10.1. The highest BCUT2D eigenvalue weighted by Crippen LogP contribution is 2.19. The lowest BCUT2D eigenvalue weighted by Crippen LogP contribution is -2.45. The van der Waals surface area contributed by atoms with Crippen molar-refractivity contribution in [2.45, 2.75) is 36.7 Å². The molecule has 4 N–H and O–H groups in total. The molecule has 3 rings (SSSR count). The number of sulfonamides is 1. The van der Waals surface area contributed by atoms with Crippen molar-refractivity contribution in [1.82, 2.24) is 15.5 Å². The lowest BCUT2D eigenvalue weighted by Gasteiger charge is -2.25. The van der Waals surface area contributed by atoms with E-state index < -0.39 is 10.0 Å². The molecule has 9 heteroatoms. The molecule has 0 aromatic heterocycles. The third-order valence-electron chi connectivity index (χ3n) is 5.41. The third-order valence-corrected chi connectivity index (χ3v) is 6.34. The minimum absolute atomic E-state index is 0. The fraction of sp³-hybridized carbons (Fsp3) is 0.409. The number of benzene rings is 2. The maximum atomic E-state index is 11.3. The second-order valence-corrected chi connectivity index (χ2v) is 9.13. The number of nitrogens with one attached hydrogen (secondary N) is 2. The van der Waals surface area contributed by atoms with Crippen molar-refractivity contribution in [1.29, 1.82) is 0 Å². The Kier molecular flexibility index (Phi) is 10.2. The molecule has 1 unspecified atom stereocenters. The molecule has 0 aliphatic carbocycles. The molecule has 0 saturated carbocycles. The van der Waals surface area contributed by atoms with Crippen molar-refractivity contribution >= 4 is 40.0 Å². The van der Waals surface area contributed by atoms with Crippen LogP contribution in [0.3, 0.4) is 0 Å². The monoisotopic (exact) mass is 557 g/mol. The van der Waals surface area contributed by atoms with Gasteiger partial charge in [0.05, 0.1) is 4.90 Å². The molecule has 1 fully saturated rings. The fourth-order valence-corrected chi connectivity index (χ4v) is 4.27. The van der Waals surface area contributed by atoms with Crippen molar-refractivity contribution in [3.63, 3.8) is 0 Å². The first kappa shape index (κ1) is 25.6. The van der Waals surface area contributed by atoms with E-state index in [1.54, 1.807) is 31.3 Å². The fourth-order valence-electron chi connectivity index (χ4n) is 3.76. The van der Waals surface area contributed by atoms with Crippen molar-refractivity contribution in [2.75, 3.05) is 26.7 Å². The molecule has 31 heavy (non-hydrogen) atoms. The van der Waals surface area contributed by atoms with Gasteiger partial charge in [0.25, 0.3) is 0 Å². The van der Waals surface area contributed by atoms with E-state index in [0.717, 1.165) is 37.6 Å². The minimum atomic E-state index is -3.65. The van der Waals surface area contributed by atoms with Crippen LogP contribution in [0.2, 0.25) is 0 Å². The van der Waals surface area contributed by atoms with Crippen molar-refractivity contribution in [3.05, 3.63) is 65.7 Å². The van der Waals surface area contributed by atoms with Gasteiger partial charge in [-0.3, -0.25) is 9.89 Å². The van der Waals surface area contributed by atoms with Crippen LogP contribution in [0.1, 0.15) is 24.0 Å². The Hall–Kier alpha value is -1.69. The summed E-state index contributed by atoms with van der Waals surface area (Å²) in [5, 5.41) is 11.9. The first-order valence-corrected chi connectivity index (χ1v) is 11.8. The number of halogens is 1. The van der Waals surface area contributed by atoms with E-state index in [1.807, 2.05) is 0 Å². The molecule has 7 nitrogen and oxygen atoms in total. The average molecular weight is 558 g/mol. The normalized spacial score (nSPS) is 17.2. The predicted molar refractivity (Wildman–Crippen MR) is 136 cm³/mol. The summed E-state index contributed by atoms with van der Waals surface area (Å²) in [5.74, 6) is 0.780. The van der Waals surface area contributed by atoms with Gasteiger partial charge < -0.3 is 10.6 Å². The molecule has 1 aliphatic rings. The van der Waals surface area contributed by atoms with Gasteiger partial charge in [0, 0.05) is 32.7 Å². The zero-order valence-corrected chi connectivity index (χ0v) is 21.0. The number of hydrogen-bond donors (Lipinski definition) is 3. The van der Waals surface area contributed by atoms with Crippen LogP contribution in [0, 0.1) is 0 Å². The molecular weight excluding hydrogens is 525 g/mol. The van der Waals surface area contributed by atoms with E-state index in [1.165, 1.54) is 18.4 Å². The van der Waals surface area contributed by atoms with Gasteiger partial charge >= 0.3 is 0 Å². The van der Waals surface area contributed by atoms with Crippen LogP contribution in [0.15, 0.2) is 64.5 Å². The highest BCUT2D eigenvalue weighted by Gasteiger charge is 2.24. The van der Waals surface area contributed by atoms with Crippen molar-refractivity contribution < 1.29 is 8.42 Å². The molecule has 170 valence electrons. The number of primary sulfonamides is 1. The highest BCUT2D eigenvalue weighted by atomic mass is 127. The first-order valence-electron chi connectivity index (χ1n) is 10.3. The number of likely N-dealkylation sites (tertiary alicyclic amines) is 1. The summed E-state index contributed by atoms with van der Waals surface area (Å²) in [7, 11) is -1.88. The maximum Gasteiger partial charge on any atom is 0.238 e. The number of aliphatic imine (C=N–C) groups is 1. The maximum absolute atomic E-state index is 11.3. The molecule has 0 radical (unpaired) electrons. The third kappa shape index (κ3) is 8.06. The Balaban J connectivity index is 0.00000341. The Morgan fingerprint density at radius 3 is 2.45 bits per heavy atom. The standard InChI is InChI=1S/C22H31N5O2S.HI/c1-24-22(25-14-13-18-9-11-21(12-10-18)30(23,28)29)26-16-20-8-5-15-27(20)17-19-6-3-2-4-7-19;/h2-4,6-7,9-12,20H,5,8,13-17H2,1H3,(H2,23,28,29)(H2,24,25,26);1H. The summed E-state index contributed by atoms with van der Waals surface area (Å²) in [6, 6.07) is 17.7. The van der Waals surface area contributed by atoms with Crippen LogP contribution in [0.5, 0.6) is 0 Å². The molecule has 1 aliphatic heterocycles. The van der Waals surface area contributed by atoms with E-state index in [9.17, 15) is 8.42 Å². The van der Waals surface area contributed by atoms with E-state index in [-0.39, 0.29) is 28.9 Å². The Bertz CT molecular complexity index is 936. The molecule has 2 aromatic carbocycles. The largest absolute Gasteiger partial charge is 0.356 e. The number of nitrogens with two attached hydrogens (primary N) is 1. The summed E-state index contributed by atoms with van der Waals surface area (Å²) in [4.78, 5) is 6.98. The molecule has 0 amide bonds. The number of rotatable bonds is 8. The van der Waals surface area contributed by atoms with Crippen LogP contribution >= 0.6 is 24.0 Å². The van der Waals surface area contributed by atoms with E-state index in [2.05, 4.69) is 50.9 Å². The van der Waals surface area contributed by atoms with Gasteiger partial charge in [0.1, 0.15) is 0 Å². The van der Waals surface area contributed by atoms with Gasteiger partial charge in [0.15, 0.2) is 5.96 Å². The summed E-state index contributed by atoms with van der Waals surface area (Å²) >= 11 is 0. The Morgan fingerprint density at radius 2 is 1.81 bits per heavy atom. The van der Waals surface area contributed by atoms with Gasteiger partial charge in [-0.05, 0) is 49.1 Å². The van der Waals surface area contributed by atoms with Gasteiger partial charge in [0.2, 0.25) is 10.0 Å². The van der Waals surface area contributed by atoms with E-state index in [0.29, 0.717) is 12.6 Å². The number of guanidine groups is 1. The molecule has 1 atom stereocenters. The molecule has 1 heterocycles. The summed E-state index contributed by atoms with van der Waals surface area (Å²) < 4.78 is 22.7. The highest BCUT2D eigenvalue weighted by molar-refractivity contribution is 14.0. The van der Waals surface area contributed by atoms with Crippen LogP contribution in [0.25, 0.3) is 0 Å². The van der Waals surface area contributed by atoms with Gasteiger partial charge in [-0.25, -0.2) is 13.6 Å². The quantitative estimate of drug-likeness (QED) is 0.263. The van der Waals surface area contributed by atoms with Gasteiger partial charge in [-0.1, -0.05) is 42.5 Å². The summed E-state index contributed by atoms with van der Waals surface area (Å²) in [6.07, 6.45) is 3.17. The zero-order chi connectivity index (χ0) is 21.4. The van der Waals surface area contributed by atoms with Gasteiger partial charge in [-0.2, -0.15) is 0 Å². The number of nitrogens with zero attached hydrogens (tertiary/aromatic N) is 2. The second-order valence-electron chi connectivity index (χ2n) is 7.57. The lowest BCUT2D eigenvalue weighted by molar-refractivity contribution is 0.245.